The molecule has 1 atom stereocenters. The molecule has 1 aromatic heterocycles. The van der Waals surface area contributed by atoms with Crippen LogP contribution in [0.25, 0.3) is 11.5 Å². The average Bonchev–Trinajstić information content (AvgIpc) is 3.08. The predicted molar refractivity (Wildman–Crippen MR) is 104 cm³/mol. The molecule has 4 heterocycles. The SMILES string of the molecule is C=CCc1cc(-c2nc(C)no2)ccc1OCC1(O)CN2CCC1CC2.[B]. The van der Waals surface area contributed by atoms with Gasteiger partial charge in [0.25, 0.3) is 5.89 Å². The van der Waals surface area contributed by atoms with Gasteiger partial charge in [-0.15, -0.1) is 6.58 Å². The number of allylic oxidation sites excluding steroid dienone is 1. The third kappa shape index (κ3) is 3.94. The van der Waals surface area contributed by atoms with Crippen molar-refractivity contribution in [1.82, 2.24) is 15.0 Å². The Morgan fingerprint density at radius 1 is 1.41 bits per heavy atom. The lowest BCUT2D eigenvalue weighted by molar-refractivity contribution is -0.131. The first kappa shape index (κ1) is 19.6. The fourth-order valence-corrected chi connectivity index (χ4v) is 4.09. The van der Waals surface area contributed by atoms with Gasteiger partial charge in [-0.1, -0.05) is 11.2 Å². The minimum absolute atomic E-state index is 0. The van der Waals surface area contributed by atoms with Crippen molar-refractivity contribution < 1.29 is 14.4 Å². The van der Waals surface area contributed by atoms with Crippen LogP contribution in [0, 0.1) is 12.8 Å². The number of benzene rings is 1. The first-order valence-corrected chi connectivity index (χ1v) is 9.19. The molecule has 0 aliphatic carbocycles. The number of piperidine rings is 3. The molecule has 2 bridgehead atoms. The van der Waals surface area contributed by atoms with Crippen LogP contribution in [0.2, 0.25) is 0 Å². The first-order chi connectivity index (χ1) is 12.6. The van der Waals surface area contributed by atoms with Crippen molar-refractivity contribution in [3.63, 3.8) is 0 Å². The molecule has 0 spiro atoms. The van der Waals surface area contributed by atoms with Gasteiger partial charge in [-0.25, -0.2) is 0 Å². The standard InChI is InChI=1S/C20H25N3O3.B/c1-3-4-15-11-16(19-21-14(2)22-26-19)5-6-18(15)25-13-20(24)12-23-9-7-17(20)8-10-23;/h3,5-6,11,17,24H,1,4,7-10,12-13H2,2H3;. The molecule has 3 aliphatic rings. The lowest BCUT2D eigenvalue weighted by Crippen LogP contribution is -2.61. The summed E-state index contributed by atoms with van der Waals surface area (Å²) in [5.41, 5.74) is 1.10. The van der Waals surface area contributed by atoms with Gasteiger partial charge < -0.3 is 19.3 Å². The Balaban J connectivity index is 0.00000210. The number of fused-ring (bicyclic) bond motifs is 3. The Hall–Kier alpha value is -2.12. The second-order valence-corrected chi connectivity index (χ2v) is 7.40. The topological polar surface area (TPSA) is 71.6 Å². The van der Waals surface area contributed by atoms with Gasteiger partial charge in [-0.2, -0.15) is 4.98 Å². The monoisotopic (exact) mass is 366 g/mol. The highest BCUT2D eigenvalue weighted by Crippen LogP contribution is 2.36. The molecule has 0 amide bonds. The van der Waals surface area contributed by atoms with Crippen LogP contribution in [0.5, 0.6) is 5.75 Å². The summed E-state index contributed by atoms with van der Waals surface area (Å²) in [6, 6.07) is 5.82. The van der Waals surface area contributed by atoms with E-state index in [1.54, 1.807) is 6.92 Å². The number of nitrogens with zero attached hydrogens (tertiary/aromatic N) is 3. The van der Waals surface area contributed by atoms with Gasteiger partial charge in [-0.05, 0) is 69.0 Å². The Bertz CT molecular complexity index is 802. The summed E-state index contributed by atoms with van der Waals surface area (Å²) in [7, 11) is 0. The fraction of sp³-hybridized carbons (Fsp3) is 0.500. The van der Waals surface area contributed by atoms with E-state index in [2.05, 4.69) is 21.6 Å². The van der Waals surface area contributed by atoms with E-state index in [1.807, 2.05) is 24.3 Å². The van der Waals surface area contributed by atoms with E-state index >= 15 is 0 Å². The highest BCUT2D eigenvalue weighted by Gasteiger charge is 2.46. The summed E-state index contributed by atoms with van der Waals surface area (Å²) in [4.78, 5) is 6.61. The molecule has 3 aliphatic heterocycles. The summed E-state index contributed by atoms with van der Waals surface area (Å²) in [6.07, 6.45) is 4.61. The van der Waals surface area contributed by atoms with Gasteiger partial charge in [-0.3, -0.25) is 0 Å². The third-order valence-electron chi connectivity index (χ3n) is 5.52. The van der Waals surface area contributed by atoms with Crippen molar-refractivity contribution in [3.8, 4) is 17.2 Å². The average molecular weight is 366 g/mol. The Kier molecular flexibility index (Phi) is 5.72. The number of hydrogen-bond acceptors (Lipinski definition) is 6. The van der Waals surface area contributed by atoms with E-state index in [0.29, 0.717) is 37.2 Å². The molecule has 27 heavy (non-hydrogen) atoms. The molecule has 1 aromatic carbocycles. The molecular weight excluding hydrogens is 341 g/mol. The largest absolute Gasteiger partial charge is 0.490 e. The molecule has 141 valence electrons. The maximum Gasteiger partial charge on any atom is 0.257 e. The van der Waals surface area contributed by atoms with Gasteiger partial charge in [0.2, 0.25) is 0 Å². The minimum atomic E-state index is -0.760. The van der Waals surface area contributed by atoms with Crippen LogP contribution in [0.15, 0.2) is 35.4 Å². The number of rotatable bonds is 6. The number of hydrogen-bond donors (Lipinski definition) is 1. The summed E-state index contributed by atoms with van der Waals surface area (Å²) >= 11 is 0. The zero-order valence-electron chi connectivity index (χ0n) is 15.7. The van der Waals surface area contributed by atoms with Crippen molar-refractivity contribution in [2.24, 2.45) is 5.92 Å². The summed E-state index contributed by atoms with van der Waals surface area (Å²) < 4.78 is 11.3. The van der Waals surface area contributed by atoms with Gasteiger partial charge >= 0.3 is 0 Å². The van der Waals surface area contributed by atoms with Crippen LogP contribution in [0.4, 0.5) is 0 Å². The normalized spacial score (nSPS) is 26.4. The second kappa shape index (κ2) is 7.86. The van der Waals surface area contributed by atoms with Crippen molar-refractivity contribution in [1.29, 1.82) is 0 Å². The van der Waals surface area contributed by atoms with Gasteiger partial charge in [0.05, 0.1) is 0 Å². The molecule has 0 saturated carbocycles. The van der Waals surface area contributed by atoms with E-state index in [-0.39, 0.29) is 8.41 Å². The van der Waals surface area contributed by atoms with Gasteiger partial charge in [0.1, 0.15) is 18.0 Å². The third-order valence-corrected chi connectivity index (χ3v) is 5.52. The highest BCUT2D eigenvalue weighted by molar-refractivity contribution is 5.75. The van der Waals surface area contributed by atoms with E-state index < -0.39 is 5.60 Å². The van der Waals surface area contributed by atoms with E-state index in [1.165, 1.54) is 0 Å². The smallest absolute Gasteiger partial charge is 0.257 e. The number of aromatic nitrogens is 2. The molecule has 7 heteroatoms. The quantitative estimate of drug-likeness (QED) is 0.625. The van der Waals surface area contributed by atoms with Crippen LogP contribution in [0.1, 0.15) is 24.2 Å². The maximum atomic E-state index is 11.1. The molecule has 1 unspecified atom stereocenters. The number of ether oxygens (including phenoxy) is 1. The Labute approximate surface area is 161 Å². The first-order valence-electron chi connectivity index (χ1n) is 9.19. The van der Waals surface area contributed by atoms with E-state index in [9.17, 15) is 5.11 Å². The summed E-state index contributed by atoms with van der Waals surface area (Å²) in [5.74, 6) is 2.20. The molecule has 6 nitrogen and oxygen atoms in total. The predicted octanol–water partition coefficient (Wildman–Crippen LogP) is 2.23. The molecule has 1 N–H and O–H groups in total. The second-order valence-electron chi connectivity index (χ2n) is 7.40. The van der Waals surface area contributed by atoms with E-state index in [0.717, 1.165) is 42.8 Å². The molecule has 3 radical (unpaired) electrons. The lowest BCUT2D eigenvalue weighted by Gasteiger charge is -2.50. The van der Waals surface area contributed by atoms with Crippen molar-refractivity contribution in [2.45, 2.75) is 31.8 Å². The van der Waals surface area contributed by atoms with Crippen LogP contribution in [0.3, 0.4) is 0 Å². The summed E-state index contributed by atoms with van der Waals surface area (Å²) in [6.45, 7) is 8.83. The Morgan fingerprint density at radius 3 is 2.78 bits per heavy atom. The Morgan fingerprint density at radius 2 is 2.19 bits per heavy atom. The van der Waals surface area contributed by atoms with Crippen LogP contribution in [-0.2, 0) is 6.42 Å². The lowest BCUT2D eigenvalue weighted by atomic mass is 9.76. The zero-order chi connectivity index (χ0) is 18.1. The van der Waals surface area contributed by atoms with Gasteiger partial charge in [0, 0.05) is 20.5 Å². The molecule has 2 aromatic rings. The molecule has 3 saturated heterocycles. The van der Waals surface area contributed by atoms with Crippen LogP contribution >= 0.6 is 0 Å². The number of aliphatic hydroxyl groups is 1. The van der Waals surface area contributed by atoms with Crippen molar-refractivity contribution in [3.05, 3.63) is 42.2 Å². The minimum Gasteiger partial charge on any atom is -0.490 e. The highest BCUT2D eigenvalue weighted by atomic mass is 16.5. The van der Waals surface area contributed by atoms with Crippen molar-refractivity contribution in [2.75, 3.05) is 26.2 Å². The number of aryl methyl sites for hydroxylation is 1. The fourth-order valence-electron chi connectivity index (χ4n) is 4.09. The zero-order valence-corrected chi connectivity index (χ0v) is 15.7. The summed E-state index contributed by atoms with van der Waals surface area (Å²) in [5, 5.41) is 14.9. The maximum absolute atomic E-state index is 11.1. The van der Waals surface area contributed by atoms with Crippen LogP contribution in [-0.4, -0.2) is 60.4 Å². The van der Waals surface area contributed by atoms with Gasteiger partial charge in [0.15, 0.2) is 5.82 Å². The van der Waals surface area contributed by atoms with Crippen molar-refractivity contribution >= 4 is 8.41 Å². The molecular formula is C20H25BN3O3. The van der Waals surface area contributed by atoms with E-state index in [4.69, 9.17) is 9.26 Å². The molecule has 3 fully saturated rings. The van der Waals surface area contributed by atoms with Crippen LogP contribution < -0.4 is 4.74 Å². The molecule has 5 rings (SSSR count).